The molecule has 0 aliphatic rings. The minimum Gasteiger partial charge on any atom is -0.326 e. The first-order valence-electron chi connectivity index (χ1n) is 7.93. The van der Waals surface area contributed by atoms with Gasteiger partial charge in [0.25, 0.3) is 10.0 Å². The molecule has 1 amide bonds. The highest BCUT2D eigenvalue weighted by Gasteiger charge is 2.17. The van der Waals surface area contributed by atoms with Crippen LogP contribution in [0.1, 0.15) is 25.8 Å². The van der Waals surface area contributed by atoms with Crippen LogP contribution < -0.4 is 10.0 Å². The summed E-state index contributed by atoms with van der Waals surface area (Å²) < 4.78 is 28.8. The molecule has 7 heteroatoms. The van der Waals surface area contributed by atoms with Gasteiger partial charge in [0.2, 0.25) is 5.91 Å². The van der Waals surface area contributed by atoms with Crippen molar-refractivity contribution in [3.8, 4) is 0 Å². The lowest BCUT2D eigenvalue weighted by atomic mass is 10.1. The van der Waals surface area contributed by atoms with Gasteiger partial charge in [0.05, 0.1) is 10.6 Å². The maximum absolute atomic E-state index is 12.7. The summed E-state index contributed by atoms with van der Waals surface area (Å²) in [5, 5.41) is 2.76. The second kappa shape index (κ2) is 8.18. The molecule has 5 nitrogen and oxygen atoms in total. The molecule has 0 aliphatic carbocycles. The molecular formula is C18H21IN2O3S. The molecule has 0 spiro atoms. The highest BCUT2D eigenvalue weighted by Crippen LogP contribution is 2.24. The average molecular weight is 472 g/mol. The first-order valence-corrected chi connectivity index (χ1v) is 10.5. The van der Waals surface area contributed by atoms with Gasteiger partial charge in [-0.1, -0.05) is 26.0 Å². The number of nitrogens with one attached hydrogen (secondary N) is 2. The fourth-order valence-corrected chi connectivity index (χ4v) is 3.88. The topological polar surface area (TPSA) is 75.3 Å². The molecule has 2 aromatic carbocycles. The fraction of sp³-hybridized carbons (Fsp3) is 0.278. The maximum Gasteiger partial charge on any atom is 0.262 e. The Bertz CT molecular complexity index is 882. The molecule has 25 heavy (non-hydrogen) atoms. The summed E-state index contributed by atoms with van der Waals surface area (Å²) in [6.07, 6.45) is 0.719. The second-order valence-corrected chi connectivity index (χ2v) is 8.76. The smallest absolute Gasteiger partial charge is 0.262 e. The van der Waals surface area contributed by atoms with Gasteiger partial charge in [-0.05, 0) is 71.8 Å². The summed E-state index contributed by atoms with van der Waals surface area (Å²) in [5.41, 5.74) is 1.97. The number of carbonyl (C=O) groups excluding carboxylic acids is 1. The normalized spacial score (nSPS) is 12.5. The Hall–Kier alpha value is -1.61. The molecule has 0 bridgehead atoms. The monoisotopic (exact) mass is 472 g/mol. The number of hydrogen-bond donors (Lipinski definition) is 2. The highest BCUT2D eigenvalue weighted by molar-refractivity contribution is 14.1. The summed E-state index contributed by atoms with van der Waals surface area (Å²) in [4.78, 5) is 12.1. The molecule has 0 saturated carbocycles. The van der Waals surface area contributed by atoms with Crippen LogP contribution in [0.4, 0.5) is 11.4 Å². The number of halogens is 1. The van der Waals surface area contributed by atoms with E-state index in [1.54, 1.807) is 18.2 Å². The largest absolute Gasteiger partial charge is 0.326 e. The van der Waals surface area contributed by atoms with Crippen molar-refractivity contribution >= 4 is 49.9 Å². The van der Waals surface area contributed by atoms with Crippen LogP contribution in [0.2, 0.25) is 0 Å². The molecule has 2 aromatic rings. The minimum atomic E-state index is -3.74. The van der Waals surface area contributed by atoms with E-state index in [0.717, 1.165) is 15.6 Å². The van der Waals surface area contributed by atoms with Gasteiger partial charge in [-0.2, -0.15) is 0 Å². The highest BCUT2D eigenvalue weighted by atomic mass is 127. The van der Waals surface area contributed by atoms with Crippen LogP contribution in [0.25, 0.3) is 0 Å². The van der Waals surface area contributed by atoms with Crippen molar-refractivity contribution in [3.05, 3.63) is 51.6 Å². The predicted molar refractivity (Wildman–Crippen MR) is 109 cm³/mol. The van der Waals surface area contributed by atoms with E-state index in [9.17, 15) is 13.2 Å². The Balaban J connectivity index is 2.26. The average Bonchev–Trinajstić information content (AvgIpc) is 2.57. The van der Waals surface area contributed by atoms with Crippen LogP contribution in [0.5, 0.6) is 0 Å². The quantitative estimate of drug-likeness (QED) is 0.613. The summed E-state index contributed by atoms with van der Waals surface area (Å²) in [6.45, 7) is 5.66. The Labute approximate surface area is 162 Å². The van der Waals surface area contributed by atoms with E-state index < -0.39 is 10.0 Å². The zero-order chi connectivity index (χ0) is 18.6. The lowest BCUT2D eigenvalue weighted by molar-refractivity contribution is -0.119. The Morgan fingerprint density at radius 3 is 2.60 bits per heavy atom. The molecule has 2 N–H and O–H groups in total. The summed E-state index contributed by atoms with van der Waals surface area (Å²) in [5.74, 6) is -0.259. The van der Waals surface area contributed by atoms with Crippen molar-refractivity contribution in [1.29, 1.82) is 0 Å². The lowest BCUT2D eigenvalue weighted by Gasteiger charge is -2.13. The van der Waals surface area contributed by atoms with Crippen molar-refractivity contribution in [2.24, 2.45) is 5.92 Å². The lowest BCUT2D eigenvalue weighted by Crippen LogP contribution is -2.20. The zero-order valence-corrected chi connectivity index (χ0v) is 17.3. The molecule has 1 unspecified atom stereocenters. The second-order valence-electron chi connectivity index (χ2n) is 5.92. The van der Waals surface area contributed by atoms with E-state index >= 15 is 0 Å². The summed E-state index contributed by atoms with van der Waals surface area (Å²) in [6, 6.07) is 11.8. The van der Waals surface area contributed by atoms with Crippen molar-refractivity contribution < 1.29 is 13.2 Å². The molecular weight excluding hydrogens is 451 g/mol. The molecule has 1 atom stereocenters. The van der Waals surface area contributed by atoms with E-state index in [1.807, 2.05) is 32.9 Å². The van der Waals surface area contributed by atoms with Gasteiger partial charge < -0.3 is 5.32 Å². The van der Waals surface area contributed by atoms with Gasteiger partial charge in [0, 0.05) is 15.2 Å². The van der Waals surface area contributed by atoms with E-state index in [2.05, 4.69) is 32.6 Å². The van der Waals surface area contributed by atoms with Gasteiger partial charge in [0.15, 0.2) is 0 Å². The Morgan fingerprint density at radius 2 is 1.92 bits per heavy atom. The molecule has 0 fully saturated rings. The molecule has 0 aromatic heterocycles. The van der Waals surface area contributed by atoms with E-state index in [1.165, 1.54) is 12.1 Å². The Morgan fingerprint density at radius 1 is 1.20 bits per heavy atom. The molecule has 2 rings (SSSR count). The SMILES string of the molecule is CCC(C)C(=O)Nc1cccc(S(=O)(=O)Nc2cc(C)ccc2I)c1. The van der Waals surface area contributed by atoms with Crippen molar-refractivity contribution in [1.82, 2.24) is 0 Å². The number of hydrogen-bond acceptors (Lipinski definition) is 3. The van der Waals surface area contributed by atoms with Crippen LogP contribution in [-0.2, 0) is 14.8 Å². The zero-order valence-electron chi connectivity index (χ0n) is 14.3. The van der Waals surface area contributed by atoms with Gasteiger partial charge in [-0.25, -0.2) is 8.42 Å². The van der Waals surface area contributed by atoms with Gasteiger partial charge in [-0.15, -0.1) is 0 Å². The molecule has 0 saturated heterocycles. The molecule has 0 radical (unpaired) electrons. The predicted octanol–water partition coefficient (Wildman–Crippen LogP) is 4.39. The van der Waals surface area contributed by atoms with Gasteiger partial charge >= 0.3 is 0 Å². The van der Waals surface area contributed by atoms with Crippen LogP contribution in [0.15, 0.2) is 47.4 Å². The van der Waals surface area contributed by atoms with Crippen LogP contribution in [-0.4, -0.2) is 14.3 Å². The number of rotatable bonds is 6. The summed E-state index contributed by atoms with van der Waals surface area (Å²) in [7, 11) is -3.74. The van der Waals surface area contributed by atoms with Crippen LogP contribution in [0.3, 0.4) is 0 Å². The minimum absolute atomic E-state index is 0.103. The van der Waals surface area contributed by atoms with Crippen LogP contribution in [0, 0.1) is 16.4 Å². The summed E-state index contributed by atoms with van der Waals surface area (Å²) >= 11 is 2.09. The first-order chi connectivity index (χ1) is 11.7. The van der Waals surface area contributed by atoms with Crippen LogP contribution >= 0.6 is 22.6 Å². The van der Waals surface area contributed by atoms with Crippen molar-refractivity contribution in [3.63, 3.8) is 0 Å². The van der Waals surface area contributed by atoms with Crippen molar-refractivity contribution in [2.45, 2.75) is 32.1 Å². The van der Waals surface area contributed by atoms with Gasteiger partial charge in [0.1, 0.15) is 0 Å². The van der Waals surface area contributed by atoms with Gasteiger partial charge in [-0.3, -0.25) is 9.52 Å². The van der Waals surface area contributed by atoms with Crippen molar-refractivity contribution in [2.75, 3.05) is 10.0 Å². The Kier molecular flexibility index (Phi) is 6.45. The number of carbonyl (C=O) groups is 1. The first kappa shape index (κ1) is 19.7. The number of anilines is 2. The fourth-order valence-electron chi connectivity index (χ4n) is 2.11. The third kappa shape index (κ3) is 5.18. The number of amides is 1. The third-order valence-electron chi connectivity index (χ3n) is 3.84. The maximum atomic E-state index is 12.7. The number of sulfonamides is 1. The number of aryl methyl sites for hydroxylation is 1. The molecule has 134 valence electrons. The van der Waals surface area contributed by atoms with E-state index in [0.29, 0.717) is 11.4 Å². The third-order valence-corrected chi connectivity index (χ3v) is 6.14. The molecule has 0 aliphatic heterocycles. The molecule has 0 heterocycles. The standard InChI is InChI=1S/C18H21IN2O3S/c1-4-13(3)18(22)20-14-6-5-7-15(11-14)25(23,24)21-17-10-12(2)8-9-16(17)19/h5-11,13,21H,4H2,1-3H3,(H,20,22). The van der Waals surface area contributed by atoms with E-state index in [-0.39, 0.29) is 16.7 Å². The van der Waals surface area contributed by atoms with E-state index in [4.69, 9.17) is 0 Å². The number of benzene rings is 2.